The van der Waals surface area contributed by atoms with Gasteiger partial charge in [-0.15, -0.1) is 0 Å². The van der Waals surface area contributed by atoms with E-state index >= 15 is 0 Å². The van der Waals surface area contributed by atoms with Crippen LogP contribution in [0.15, 0.2) is 23.0 Å². The summed E-state index contributed by atoms with van der Waals surface area (Å²) in [5.41, 5.74) is 4.45. The molecule has 4 N–H and O–H groups in total. The topological polar surface area (TPSA) is 153 Å². The number of hydrogen-bond acceptors (Lipinski definition) is 7. The van der Waals surface area contributed by atoms with Gasteiger partial charge in [0.2, 0.25) is 0 Å². The Kier molecular flexibility index (Phi) is 4.01. The average molecular weight is 310 g/mol. The van der Waals surface area contributed by atoms with E-state index in [1.54, 1.807) is 6.07 Å². The minimum atomic E-state index is -0.806. The minimum Gasteiger partial charge on any atom is -0.507 e. The molecule has 0 saturated heterocycles. The Hall–Kier alpha value is -3.78. The second-order valence-electron chi connectivity index (χ2n) is 4.44. The van der Waals surface area contributed by atoms with Gasteiger partial charge in [0.1, 0.15) is 40.4 Å². The summed E-state index contributed by atoms with van der Waals surface area (Å²) in [6.07, 6.45) is 0. The number of ether oxygens (including phenoxy) is 1. The van der Waals surface area contributed by atoms with Crippen molar-refractivity contribution in [2.24, 2.45) is 0 Å². The van der Waals surface area contributed by atoms with Gasteiger partial charge in [-0.1, -0.05) is 6.07 Å². The number of esters is 1. The van der Waals surface area contributed by atoms with Crippen LogP contribution in [0, 0.1) is 22.7 Å². The zero-order valence-electron chi connectivity index (χ0n) is 11.9. The number of aromatic amines is 1. The Morgan fingerprint density at radius 3 is 2.52 bits per heavy atom. The smallest absolute Gasteiger partial charge is 0.341 e. The number of nitrogens with one attached hydrogen (secondary N) is 1. The summed E-state index contributed by atoms with van der Waals surface area (Å²) in [4.78, 5) is 25.7. The number of nitrogens with zero attached hydrogens (tertiary/aromatic N) is 2. The fourth-order valence-electron chi connectivity index (χ4n) is 2.10. The number of rotatable bonds is 2. The number of hydrogen-bond donors (Lipinski definition) is 3. The van der Waals surface area contributed by atoms with Crippen LogP contribution in [-0.4, -0.2) is 23.2 Å². The van der Waals surface area contributed by atoms with E-state index in [9.17, 15) is 25.2 Å². The molecule has 0 atom stereocenters. The summed E-state index contributed by atoms with van der Waals surface area (Å²) in [6, 6.07) is 7.30. The maximum absolute atomic E-state index is 11.9. The van der Waals surface area contributed by atoms with Crippen molar-refractivity contribution >= 4 is 11.8 Å². The quantitative estimate of drug-likeness (QED) is 0.695. The van der Waals surface area contributed by atoms with Crippen LogP contribution in [0.25, 0.3) is 11.1 Å². The molecule has 8 nitrogen and oxygen atoms in total. The molecule has 0 aliphatic rings. The standard InChI is InChI=1S/C15H10N4O4/c1-23-15(22)8-4-7(2-3-11(8)20)12-9(5-16)13(18)19-14(21)10(12)6-17/h2-4,20H,1H3,(H3,18,19,21). The van der Waals surface area contributed by atoms with Gasteiger partial charge < -0.3 is 20.6 Å². The maximum Gasteiger partial charge on any atom is 0.341 e. The number of phenols is 1. The molecule has 0 radical (unpaired) electrons. The summed E-state index contributed by atoms with van der Waals surface area (Å²) >= 11 is 0. The van der Waals surface area contributed by atoms with Crippen LogP contribution in [0.4, 0.5) is 5.82 Å². The first kappa shape index (κ1) is 15.6. The highest BCUT2D eigenvalue weighted by Crippen LogP contribution is 2.31. The van der Waals surface area contributed by atoms with E-state index in [-0.39, 0.29) is 39.4 Å². The maximum atomic E-state index is 11.9. The van der Waals surface area contributed by atoms with E-state index in [0.29, 0.717) is 0 Å². The molecule has 0 bridgehead atoms. The number of carbonyl (C=O) groups excluding carboxylic acids is 1. The van der Waals surface area contributed by atoms with Gasteiger partial charge >= 0.3 is 5.97 Å². The molecule has 2 rings (SSSR count). The van der Waals surface area contributed by atoms with Crippen molar-refractivity contribution in [2.75, 3.05) is 12.8 Å². The number of phenolic OH excluding ortho intramolecular Hbond substituents is 1. The first-order valence-corrected chi connectivity index (χ1v) is 6.22. The zero-order chi connectivity index (χ0) is 17.1. The number of aromatic nitrogens is 1. The average Bonchev–Trinajstić information content (AvgIpc) is 2.54. The molecule has 2 aromatic rings. The first-order valence-electron chi connectivity index (χ1n) is 6.22. The summed E-state index contributed by atoms with van der Waals surface area (Å²) in [7, 11) is 1.14. The molecular weight excluding hydrogens is 300 g/mol. The number of nitriles is 2. The summed E-state index contributed by atoms with van der Waals surface area (Å²) < 4.78 is 4.55. The van der Waals surface area contributed by atoms with Gasteiger partial charge in [0.05, 0.1) is 7.11 Å². The second-order valence-corrected chi connectivity index (χ2v) is 4.44. The summed E-state index contributed by atoms with van der Waals surface area (Å²) in [6.45, 7) is 0. The number of H-pyrrole nitrogens is 1. The third kappa shape index (κ3) is 2.57. The number of pyridine rings is 1. The zero-order valence-corrected chi connectivity index (χ0v) is 11.9. The second kappa shape index (κ2) is 5.92. The van der Waals surface area contributed by atoms with Gasteiger partial charge in [0.15, 0.2) is 0 Å². The van der Waals surface area contributed by atoms with Crippen molar-refractivity contribution in [1.82, 2.24) is 4.98 Å². The van der Waals surface area contributed by atoms with Crippen molar-refractivity contribution in [3.63, 3.8) is 0 Å². The summed E-state index contributed by atoms with van der Waals surface area (Å²) in [5.74, 6) is -1.34. The molecule has 0 spiro atoms. The van der Waals surface area contributed by atoms with Crippen molar-refractivity contribution in [1.29, 1.82) is 10.5 Å². The molecule has 0 aliphatic carbocycles. The van der Waals surface area contributed by atoms with Gasteiger partial charge in [0.25, 0.3) is 5.56 Å². The normalized spacial score (nSPS) is 9.70. The lowest BCUT2D eigenvalue weighted by atomic mass is 9.95. The highest BCUT2D eigenvalue weighted by Gasteiger charge is 2.20. The predicted octanol–water partition coefficient (Wildman–Crippen LogP) is 0.860. The van der Waals surface area contributed by atoms with Gasteiger partial charge in [-0.2, -0.15) is 10.5 Å². The first-order chi connectivity index (χ1) is 10.9. The number of carbonyl (C=O) groups is 1. The van der Waals surface area contributed by atoms with Crippen molar-refractivity contribution in [3.8, 4) is 29.0 Å². The van der Waals surface area contributed by atoms with Crippen molar-refractivity contribution in [2.45, 2.75) is 0 Å². The van der Waals surface area contributed by atoms with E-state index in [4.69, 9.17) is 5.73 Å². The van der Waals surface area contributed by atoms with E-state index < -0.39 is 11.5 Å². The number of nitrogen functional groups attached to an aromatic ring is 1. The molecule has 1 heterocycles. The Labute approximate surface area is 130 Å². The molecule has 1 aromatic carbocycles. The molecule has 0 saturated carbocycles. The molecule has 114 valence electrons. The monoisotopic (exact) mass is 310 g/mol. The van der Waals surface area contributed by atoms with Gasteiger partial charge in [0, 0.05) is 5.56 Å². The number of nitrogens with two attached hydrogens (primary N) is 1. The Bertz CT molecular complexity index is 948. The van der Waals surface area contributed by atoms with Gasteiger partial charge in [-0.3, -0.25) is 4.79 Å². The predicted molar refractivity (Wildman–Crippen MR) is 79.3 cm³/mol. The minimum absolute atomic E-state index is 0.0126. The van der Waals surface area contributed by atoms with Crippen LogP contribution < -0.4 is 11.3 Å². The highest BCUT2D eigenvalue weighted by atomic mass is 16.5. The molecular formula is C15H10N4O4. The van der Waals surface area contributed by atoms with Crippen LogP contribution in [0.3, 0.4) is 0 Å². The Morgan fingerprint density at radius 2 is 1.96 bits per heavy atom. The van der Waals surface area contributed by atoms with Crippen LogP contribution in [0.5, 0.6) is 5.75 Å². The fraction of sp³-hybridized carbons (Fsp3) is 0.0667. The third-order valence-electron chi connectivity index (χ3n) is 3.16. The number of anilines is 1. The number of methoxy groups -OCH3 is 1. The molecule has 0 amide bonds. The third-order valence-corrected chi connectivity index (χ3v) is 3.16. The lowest BCUT2D eigenvalue weighted by molar-refractivity contribution is 0.0597. The van der Waals surface area contributed by atoms with E-state index in [2.05, 4.69) is 9.72 Å². The Balaban J connectivity index is 2.88. The highest BCUT2D eigenvalue weighted by molar-refractivity contribution is 5.94. The Morgan fingerprint density at radius 1 is 1.30 bits per heavy atom. The SMILES string of the molecule is COC(=O)c1cc(-c2c(C#N)c(N)[nH]c(=O)c2C#N)ccc1O. The largest absolute Gasteiger partial charge is 0.507 e. The molecule has 1 aromatic heterocycles. The molecule has 0 aliphatic heterocycles. The lowest BCUT2D eigenvalue weighted by Crippen LogP contribution is -2.16. The van der Waals surface area contributed by atoms with Gasteiger partial charge in [-0.05, 0) is 17.7 Å². The van der Waals surface area contributed by atoms with E-state index in [0.717, 1.165) is 7.11 Å². The van der Waals surface area contributed by atoms with Crippen LogP contribution in [0.2, 0.25) is 0 Å². The number of aromatic hydroxyl groups is 1. The molecule has 0 unspecified atom stereocenters. The lowest BCUT2D eigenvalue weighted by Gasteiger charge is -2.10. The van der Waals surface area contributed by atoms with E-state index in [1.807, 2.05) is 6.07 Å². The van der Waals surface area contributed by atoms with Crippen molar-refractivity contribution < 1.29 is 14.6 Å². The van der Waals surface area contributed by atoms with Gasteiger partial charge in [-0.25, -0.2) is 4.79 Å². The van der Waals surface area contributed by atoms with Crippen LogP contribution >= 0.6 is 0 Å². The molecule has 23 heavy (non-hydrogen) atoms. The fourth-order valence-corrected chi connectivity index (χ4v) is 2.10. The van der Waals surface area contributed by atoms with Crippen molar-refractivity contribution in [3.05, 3.63) is 45.2 Å². The van der Waals surface area contributed by atoms with Crippen LogP contribution in [-0.2, 0) is 4.74 Å². The summed E-state index contributed by atoms with van der Waals surface area (Å²) in [5, 5.41) is 28.2. The van der Waals surface area contributed by atoms with Crippen LogP contribution in [0.1, 0.15) is 21.5 Å². The molecule has 0 fully saturated rings. The van der Waals surface area contributed by atoms with E-state index in [1.165, 1.54) is 18.2 Å². The number of benzene rings is 1. The molecule has 8 heteroatoms.